The minimum atomic E-state index is -3.77. The molecule has 2 aromatic rings. The fraction of sp³-hybridized carbons (Fsp3) is 0.263. The third-order valence-corrected chi connectivity index (χ3v) is 8.32. The second kappa shape index (κ2) is 10.2. The van der Waals surface area contributed by atoms with Gasteiger partial charge in [-0.05, 0) is 43.3 Å². The number of piperazine rings is 1. The van der Waals surface area contributed by atoms with Crippen LogP contribution in [0.25, 0.3) is 0 Å². The van der Waals surface area contributed by atoms with E-state index in [2.05, 4.69) is 0 Å². The van der Waals surface area contributed by atoms with E-state index < -0.39 is 37.8 Å². The van der Waals surface area contributed by atoms with Crippen LogP contribution in [0, 0.1) is 12.7 Å². The third-order valence-electron chi connectivity index (χ3n) is 4.49. The van der Waals surface area contributed by atoms with Crippen molar-refractivity contribution in [3.05, 3.63) is 59.9 Å². The van der Waals surface area contributed by atoms with E-state index in [9.17, 15) is 21.2 Å². The summed E-state index contributed by atoms with van der Waals surface area (Å²) in [6, 6.07) is 11.1. The number of benzene rings is 2. The fourth-order valence-electron chi connectivity index (χ4n) is 2.77. The Morgan fingerprint density at radius 3 is 1.34 bits per heavy atom. The molecule has 0 radical (unpaired) electrons. The van der Waals surface area contributed by atoms with Gasteiger partial charge in [0.05, 0.1) is 9.79 Å². The van der Waals surface area contributed by atoms with E-state index in [0.717, 1.165) is 17.7 Å². The largest absolute Gasteiger partial charge is 0.473 e. The van der Waals surface area contributed by atoms with Crippen LogP contribution in [0.4, 0.5) is 4.39 Å². The molecule has 3 rings (SSSR count). The molecule has 32 heavy (non-hydrogen) atoms. The van der Waals surface area contributed by atoms with Gasteiger partial charge in [-0.25, -0.2) is 30.8 Å². The summed E-state index contributed by atoms with van der Waals surface area (Å²) in [5.74, 6) is -4.16. The summed E-state index contributed by atoms with van der Waals surface area (Å²) >= 11 is 0. The van der Waals surface area contributed by atoms with Crippen molar-refractivity contribution in [2.24, 2.45) is 0 Å². The highest BCUT2D eigenvalue weighted by molar-refractivity contribution is 7.89. The SMILES string of the molecule is Cc1ccc(S(=O)(=O)N2CCN(S(=O)(=O)c3ccc(F)cc3)CC2)cc1.O=C(O)C(=O)O. The maximum Gasteiger partial charge on any atom is 0.414 e. The lowest BCUT2D eigenvalue weighted by Crippen LogP contribution is -2.50. The molecule has 0 saturated carbocycles. The van der Waals surface area contributed by atoms with Gasteiger partial charge in [0, 0.05) is 26.2 Å². The first-order valence-corrected chi connectivity index (χ1v) is 12.0. The normalized spacial score (nSPS) is 15.4. The van der Waals surface area contributed by atoms with Gasteiger partial charge in [0.15, 0.2) is 0 Å². The quantitative estimate of drug-likeness (QED) is 0.605. The number of carbonyl (C=O) groups is 2. The van der Waals surface area contributed by atoms with Crippen molar-refractivity contribution in [1.29, 1.82) is 0 Å². The summed E-state index contributed by atoms with van der Waals surface area (Å²) in [4.78, 5) is 18.4. The number of carboxylic acid groups (broad SMARTS) is 2. The Kier molecular flexibility index (Phi) is 8.07. The van der Waals surface area contributed by atoms with Crippen LogP contribution >= 0.6 is 0 Å². The molecule has 0 aromatic heterocycles. The molecule has 13 heteroatoms. The van der Waals surface area contributed by atoms with Crippen LogP contribution in [0.1, 0.15) is 5.56 Å². The van der Waals surface area contributed by atoms with Crippen molar-refractivity contribution in [1.82, 2.24) is 8.61 Å². The molecular weight excluding hydrogens is 467 g/mol. The zero-order chi connectivity index (χ0) is 24.1. The number of aryl methyl sites for hydroxylation is 1. The molecule has 10 nitrogen and oxygen atoms in total. The number of sulfonamides is 2. The van der Waals surface area contributed by atoms with E-state index in [0.29, 0.717) is 0 Å². The van der Waals surface area contributed by atoms with E-state index in [1.165, 1.54) is 20.7 Å². The highest BCUT2D eigenvalue weighted by atomic mass is 32.2. The number of aliphatic carboxylic acids is 2. The Labute approximate surface area is 184 Å². The molecule has 0 spiro atoms. The average molecular weight is 489 g/mol. The van der Waals surface area contributed by atoms with Gasteiger partial charge in [-0.1, -0.05) is 17.7 Å². The molecule has 0 aliphatic carbocycles. The lowest BCUT2D eigenvalue weighted by atomic mass is 10.2. The lowest BCUT2D eigenvalue weighted by Gasteiger charge is -2.33. The maximum atomic E-state index is 13.0. The lowest BCUT2D eigenvalue weighted by molar-refractivity contribution is -0.159. The van der Waals surface area contributed by atoms with Gasteiger partial charge in [-0.2, -0.15) is 8.61 Å². The van der Waals surface area contributed by atoms with Crippen molar-refractivity contribution in [3.8, 4) is 0 Å². The van der Waals surface area contributed by atoms with E-state index in [4.69, 9.17) is 19.8 Å². The Morgan fingerprint density at radius 1 is 0.719 bits per heavy atom. The highest BCUT2D eigenvalue weighted by Crippen LogP contribution is 2.22. The van der Waals surface area contributed by atoms with Crippen LogP contribution in [0.2, 0.25) is 0 Å². The number of rotatable bonds is 4. The molecule has 174 valence electrons. The summed E-state index contributed by atoms with van der Waals surface area (Å²) < 4.78 is 66.1. The predicted molar refractivity (Wildman–Crippen MR) is 110 cm³/mol. The van der Waals surface area contributed by atoms with Crippen molar-refractivity contribution in [2.75, 3.05) is 26.2 Å². The average Bonchev–Trinajstić information content (AvgIpc) is 2.75. The molecule has 0 bridgehead atoms. The van der Waals surface area contributed by atoms with Crippen molar-refractivity contribution in [3.63, 3.8) is 0 Å². The maximum absolute atomic E-state index is 13.0. The van der Waals surface area contributed by atoms with Gasteiger partial charge in [-0.3, -0.25) is 0 Å². The summed E-state index contributed by atoms with van der Waals surface area (Å²) in [5.41, 5.74) is 0.958. The number of nitrogens with zero attached hydrogens (tertiary/aromatic N) is 2. The smallest absolute Gasteiger partial charge is 0.414 e. The molecule has 2 N–H and O–H groups in total. The first-order chi connectivity index (χ1) is 14.9. The molecule has 0 amide bonds. The monoisotopic (exact) mass is 488 g/mol. The van der Waals surface area contributed by atoms with Gasteiger partial charge in [0.25, 0.3) is 0 Å². The third kappa shape index (κ3) is 6.09. The number of hydrogen-bond acceptors (Lipinski definition) is 6. The van der Waals surface area contributed by atoms with Gasteiger partial charge in [0.2, 0.25) is 20.0 Å². The van der Waals surface area contributed by atoms with Crippen LogP contribution < -0.4 is 0 Å². The molecule has 0 atom stereocenters. The topological polar surface area (TPSA) is 149 Å². The molecule has 1 aliphatic heterocycles. The fourth-order valence-corrected chi connectivity index (χ4v) is 5.61. The van der Waals surface area contributed by atoms with E-state index in [1.807, 2.05) is 6.92 Å². The van der Waals surface area contributed by atoms with Crippen LogP contribution in [-0.2, 0) is 29.6 Å². The zero-order valence-corrected chi connectivity index (χ0v) is 18.5. The summed E-state index contributed by atoms with van der Waals surface area (Å²) in [7, 11) is -7.43. The predicted octanol–water partition coefficient (Wildman–Crippen LogP) is 0.985. The summed E-state index contributed by atoms with van der Waals surface area (Å²) in [6.07, 6.45) is 0. The Hall–Kier alpha value is -2.87. The minimum Gasteiger partial charge on any atom is -0.473 e. The zero-order valence-electron chi connectivity index (χ0n) is 16.9. The van der Waals surface area contributed by atoms with E-state index in [-0.39, 0.29) is 36.0 Å². The second-order valence-corrected chi connectivity index (χ2v) is 10.6. The van der Waals surface area contributed by atoms with Gasteiger partial charge >= 0.3 is 11.9 Å². The molecule has 0 unspecified atom stereocenters. The first-order valence-electron chi connectivity index (χ1n) is 9.14. The van der Waals surface area contributed by atoms with E-state index in [1.54, 1.807) is 24.3 Å². The van der Waals surface area contributed by atoms with Gasteiger partial charge in [0.1, 0.15) is 5.82 Å². The Morgan fingerprint density at radius 2 is 1.03 bits per heavy atom. The Balaban J connectivity index is 0.000000534. The van der Waals surface area contributed by atoms with E-state index >= 15 is 0 Å². The number of hydrogen-bond donors (Lipinski definition) is 2. The van der Waals surface area contributed by atoms with Crippen LogP contribution in [-0.4, -0.2) is 73.8 Å². The van der Waals surface area contributed by atoms with Crippen molar-refractivity contribution < 1.29 is 41.0 Å². The van der Waals surface area contributed by atoms with Crippen LogP contribution in [0.5, 0.6) is 0 Å². The standard InChI is InChI=1S/C17H19FN2O4S2.C2H2O4/c1-14-2-6-16(7-3-14)25(21,22)19-10-12-20(13-11-19)26(23,24)17-8-4-15(18)5-9-17;3-1(4)2(5)6/h2-9H,10-13H2,1H3;(H,3,4)(H,5,6). The molecule has 2 aromatic carbocycles. The van der Waals surface area contributed by atoms with Crippen LogP contribution in [0.15, 0.2) is 58.3 Å². The van der Waals surface area contributed by atoms with Crippen molar-refractivity contribution in [2.45, 2.75) is 16.7 Å². The summed E-state index contributed by atoms with van der Waals surface area (Å²) in [5, 5.41) is 14.8. The molecule has 1 aliphatic rings. The van der Waals surface area contributed by atoms with Gasteiger partial charge < -0.3 is 10.2 Å². The first kappa shape index (κ1) is 25.4. The minimum absolute atomic E-state index is 0.00579. The Bertz CT molecular complexity index is 1080. The highest BCUT2D eigenvalue weighted by Gasteiger charge is 2.33. The second-order valence-electron chi connectivity index (χ2n) is 6.69. The number of halogens is 1. The van der Waals surface area contributed by atoms with Crippen molar-refractivity contribution >= 4 is 32.0 Å². The molecular formula is C19H21FN2O8S2. The summed E-state index contributed by atoms with van der Waals surface area (Å²) in [6.45, 7) is 2.10. The van der Waals surface area contributed by atoms with Gasteiger partial charge in [-0.15, -0.1) is 0 Å². The molecule has 1 fully saturated rings. The molecule has 1 heterocycles. The number of carboxylic acids is 2. The molecule has 1 saturated heterocycles. The van der Waals surface area contributed by atoms with Crippen LogP contribution in [0.3, 0.4) is 0 Å².